The molecular weight excluding hydrogens is 334 g/mol. The fraction of sp³-hybridized carbons (Fsp3) is 0.368. The summed E-state index contributed by atoms with van der Waals surface area (Å²) >= 11 is 0. The number of carbonyl (C=O) groups excluding carboxylic acids is 2. The fourth-order valence-corrected chi connectivity index (χ4v) is 2.86. The van der Waals surface area contributed by atoms with Crippen LogP contribution in [0.25, 0.3) is 0 Å². The minimum Gasteiger partial charge on any atom is -0.497 e. The number of furan rings is 1. The lowest BCUT2D eigenvalue weighted by Gasteiger charge is -2.34. The van der Waals surface area contributed by atoms with E-state index in [-0.39, 0.29) is 11.8 Å². The number of benzene rings is 1. The van der Waals surface area contributed by atoms with Gasteiger partial charge < -0.3 is 19.4 Å². The zero-order valence-corrected chi connectivity index (χ0v) is 14.8. The number of methoxy groups -OCH3 is 1. The molecule has 2 aromatic rings. The average Bonchev–Trinajstić information content (AvgIpc) is 3.22. The van der Waals surface area contributed by atoms with Crippen molar-refractivity contribution in [3.63, 3.8) is 0 Å². The Balaban J connectivity index is 1.41. The molecule has 0 radical (unpaired) electrons. The van der Waals surface area contributed by atoms with E-state index in [1.807, 2.05) is 29.2 Å². The van der Waals surface area contributed by atoms with Crippen molar-refractivity contribution in [1.82, 2.24) is 15.1 Å². The summed E-state index contributed by atoms with van der Waals surface area (Å²) in [5.41, 5.74) is 1.02. The van der Waals surface area contributed by atoms with Gasteiger partial charge in [0.1, 0.15) is 5.75 Å². The molecule has 1 aromatic carbocycles. The second-order valence-electron chi connectivity index (χ2n) is 6.17. The van der Waals surface area contributed by atoms with Gasteiger partial charge in [0, 0.05) is 32.7 Å². The molecule has 0 spiro atoms. The number of urea groups is 1. The number of nitrogens with zero attached hydrogens (tertiary/aromatic N) is 2. The number of nitrogens with one attached hydrogen (secondary N) is 1. The number of amides is 2. The zero-order chi connectivity index (χ0) is 18.4. The Morgan fingerprint density at radius 3 is 2.46 bits per heavy atom. The van der Waals surface area contributed by atoms with E-state index in [1.165, 1.54) is 6.26 Å². The molecule has 3 rings (SSSR count). The highest BCUT2D eigenvalue weighted by Gasteiger charge is 2.23. The van der Waals surface area contributed by atoms with Gasteiger partial charge in [-0.2, -0.15) is 0 Å². The van der Waals surface area contributed by atoms with E-state index >= 15 is 0 Å². The van der Waals surface area contributed by atoms with Crippen molar-refractivity contribution in [2.45, 2.75) is 6.54 Å². The second kappa shape index (κ2) is 8.53. The van der Waals surface area contributed by atoms with E-state index in [9.17, 15) is 9.59 Å². The van der Waals surface area contributed by atoms with Crippen LogP contribution in [0.1, 0.15) is 16.1 Å². The third kappa shape index (κ3) is 4.64. The Hall–Kier alpha value is -2.80. The predicted octanol–water partition coefficient (Wildman–Crippen LogP) is 2.00. The van der Waals surface area contributed by atoms with Gasteiger partial charge in [0.05, 0.1) is 19.9 Å². The van der Waals surface area contributed by atoms with Crippen molar-refractivity contribution in [3.8, 4) is 5.75 Å². The highest BCUT2D eigenvalue weighted by atomic mass is 16.5. The summed E-state index contributed by atoms with van der Waals surface area (Å²) < 4.78 is 10.2. The van der Waals surface area contributed by atoms with Crippen LogP contribution in [0.5, 0.6) is 5.75 Å². The van der Waals surface area contributed by atoms with Crippen LogP contribution in [0.3, 0.4) is 0 Å². The van der Waals surface area contributed by atoms with Crippen LogP contribution in [0.15, 0.2) is 47.1 Å². The van der Waals surface area contributed by atoms with Gasteiger partial charge >= 0.3 is 6.03 Å². The van der Waals surface area contributed by atoms with E-state index in [2.05, 4.69) is 5.32 Å². The van der Waals surface area contributed by atoms with Crippen molar-refractivity contribution in [1.29, 1.82) is 0 Å². The molecule has 2 heterocycles. The summed E-state index contributed by atoms with van der Waals surface area (Å²) in [4.78, 5) is 28.2. The number of rotatable bonds is 6. The first-order chi connectivity index (χ1) is 12.7. The number of ketones is 1. The van der Waals surface area contributed by atoms with E-state index in [0.717, 1.165) is 11.3 Å². The summed E-state index contributed by atoms with van der Waals surface area (Å²) in [6.07, 6.45) is 1.50. The molecular formula is C19H23N3O4. The van der Waals surface area contributed by atoms with E-state index < -0.39 is 0 Å². The maximum absolute atomic E-state index is 12.3. The lowest BCUT2D eigenvalue weighted by Crippen LogP contribution is -2.52. The Labute approximate surface area is 152 Å². The third-order valence-electron chi connectivity index (χ3n) is 4.43. The molecule has 0 bridgehead atoms. The third-order valence-corrected chi connectivity index (χ3v) is 4.43. The van der Waals surface area contributed by atoms with Crippen molar-refractivity contribution < 1.29 is 18.7 Å². The molecule has 0 unspecified atom stereocenters. The van der Waals surface area contributed by atoms with Gasteiger partial charge in [0.25, 0.3) is 0 Å². The Morgan fingerprint density at radius 2 is 1.85 bits per heavy atom. The topological polar surface area (TPSA) is 75.0 Å². The maximum Gasteiger partial charge on any atom is 0.317 e. The van der Waals surface area contributed by atoms with Crippen molar-refractivity contribution in [2.75, 3.05) is 39.8 Å². The predicted molar refractivity (Wildman–Crippen MR) is 96.3 cm³/mol. The summed E-state index contributed by atoms with van der Waals surface area (Å²) in [5, 5.41) is 2.93. The van der Waals surface area contributed by atoms with Crippen LogP contribution in [0, 0.1) is 0 Å². The van der Waals surface area contributed by atoms with Gasteiger partial charge in [0.15, 0.2) is 5.76 Å². The molecule has 26 heavy (non-hydrogen) atoms. The quantitative estimate of drug-likeness (QED) is 0.801. The molecule has 7 heteroatoms. The maximum atomic E-state index is 12.3. The minimum atomic E-state index is -0.0853. The number of ether oxygens (including phenoxy) is 1. The number of hydrogen-bond donors (Lipinski definition) is 1. The second-order valence-corrected chi connectivity index (χ2v) is 6.17. The van der Waals surface area contributed by atoms with Gasteiger partial charge in [0.2, 0.25) is 5.78 Å². The van der Waals surface area contributed by atoms with E-state index in [4.69, 9.17) is 9.15 Å². The lowest BCUT2D eigenvalue weighted by molar-refractivity contribution is 0.0852. The first-order valence-corrected chi connectivity index (χ1v) is 8.60. The van der Waals surface area contributed by atoms with Gasteiger partial charge in [-0.25, -0.2) is 4.79 Å². The molecule has 0 aliphatic carbocycles. The molecule has 0 atom stereocenters. The summed E-state index contributed by atoms with van der Waals surface area (Å²) in [6.45, 7) is 3.32. The van der Waals surface area contributed by atoms with Crippen LogP contribution in [0.4, 0.5) is 4.79 Å². The van der Waals surface area contributed by atoms with Gasteiger partial charge in [-0.1, -0.05) is 12.1 Å². The SMILES string of the molecule is COc1ccc(CNC(=O)N2CCN(CC(=O)c3ccco3)CC2)cc1. The number of hydrogen-bond acceptors (Lipinski definition) is 5. The van der Waals surface area contributed by atoms with Crippen LogP contribution < -0.4 is 10.1 Å². The first-order valence-electron chi connectivity index (χ1n) is 8.60. The smallest absolute Gasteiger partial charge is 0.317 e. The molecule has 138 valence electrons. The molecule has 1 N–H and O–H groups in total. The number of Topliss-reactive ketones (excluding diaryl/α,β-unsaturated/α-hetero) is 1. The molecule has 1 aliphatic heterocycles. The Kier molecular flexibility index (Phi) is 5.91. The van der Waals surface area contributed by atoms with E-state index in [1.54, 1.807) is 24.1 Å². The summed E-state index contributed by atoms with van der Waals surface area (Å²) in [7, 11) is 1.62. The van der Waals surface area contributed by atoms with Crippen LogP contribution in [-0.2, 0) is 6.54 Å². The molecule has 1 aromatic heterocycles. The van der Waals surface area contributed by atoms with Gasteiger partial charge in [-0.3, -0.25) is 9.69 Å². The molecule has 1 saturated heterocycles. The van der Waals surface area contributed by atoms with Gasteiger partial charge in [-0.15, -0.1) is 0 Å². The standard InChI is InChI=1S/C19H23N3O4/c1-25-16-6-4-15(5-7-16)13-20-19(24)22-10-8-21(9-11-22)14-17(23)18-3-2-12-26-18/h2-7,12H,8-11,13-14H2,1H3,(H,20,24). The van der Waals surface area contributed by atoms with Crippen LogP contribution in [-0.4, -0.2) is 61.4 Å². The average molecular weight is 357 g/mol. The lowest BCUT2D eigenvalue weighted by atomic mass is 10.2. The van der Waals surface area contributed by atoms with Crippen LogP contribution in [0.2, 0.25) is 0 Å². The summed E-state index contributed by atoms with van der Waals surface area (Å²) in [5.74, 6) is 1.14. The summed E-state index contributed by atoms with van der Waals surface area (Å²) in [6, 6.07) is 10.9. The molecule has 7 nitrogen and oxygen atoms in total. The van der Waals surface area contributed by atoms with Crippen molar-refractivity contribution in [2.24, 2.45) is 0 Å². The van der Waals surface area contributed by atoms with Crippen LogP contribution >= 0.6 is 0 Å². The van der Waals surface area contributed by atoms with Crippen molar-refractivity contribution >= 4 is 11.8 Å². The van der Waals surface area contributed by atoms with Gasteiger partial charge in [-0.05, 0) is 29.8 Å². The molecule has 0 saturated carbocycles. The van der Waals surface area contributed by atoms with Crippen molar-refractivity contribution in [3.05, 3.63) is 54.0 Å². The van der Waals surface area contributed by atoms with E-state index in [0.29, 0.717) is 45.0 Å². The Bertz CT molecular complexity index is 720. The number of piperazine rings is 1. The minimum absolute atomic E-state index is 0.0348. The zero-order valence-electron chi connectivity index (χ0n) is 14.8. The number of carbonyl (C=O) groups is 2. The highest BCUT2D eigenvalue weighted by molar-refractivity contribution is 5.95. The molecule has 1 aliphatic rings. The monoisotopic (exact) mass is 357 g/mol. The Morgan fingerprint density at radius 1 is 1.12 bits per heavy atom. The fourth-order valence-electron chi connectivity index (χ4n) is 2.86. The highest BCUT2D eigenvalue weighted by Crippen LogP contribution is 2.11. The normalized spacial score (nSPS) is 14.9. The molecule has 2 amide bonds. The first kappa shape index (κ1) is 18.0. The largest absolute Gasteiger partial charge is 0.497 e. The molecule has 1 fully saturated rings.